The van der Waals surface area contributed by atoms with Gasteiger partial charge in [-0.3, -0.25) is 9.78 Å². The van der Waals surface area contributed by atoms with E-state index in [0.717, 1.165) is 5.56 Å². The van der Waals surface area contributed by atoms with E-state index in [1.54, 1.807) is 4.57 Å². The largest absolute Gasteiger partial charge is 0.396 e. The maximum absolute atomic E-state index is 12.0. The van der Waals surface area contributed by atoms with Crippen LogP contribution in [0.4, 0.5) is 5.95 Å². The van der Waals surface area contributed by atoms with Crippen molar-refractivity contribution in [2.24, 2.45) is 5.92 Å². The number of nitrogen functional groups attached to an aromatic ring is 1. The molecule has 1 aromatic carbocycles. The normalized spacial score (nSPS) is 25.2. The third kappa shape index (κ3) is 3.51. The molecule has 2 heterocycles. The number of nitrogens with one attached hydrogen (secondary N) is 1. The minimum Gasteiger partial charge on any atom is -0.396 e. The molecule has 1 saturated carbocycles. The molecule has 0 radical (unpaired) electrons. The van der Waals surface area contributed by atoms with Crippen LogP contribution >= 0.6 is 0 Å². The van der Waals surface area contributed by atoms with Gasteiger partial charge in [0, 0.05) is 12.0 Å². The van der Waals surface area contributed by atoms with E-state index in [-0.39, 0.29) is 36.1 Å². The molecule has 148 valence electrons. The summed E-state index contributed by atoms with van der Waals surface area (Å²) >= 11 is 0. The van der Waals surface area contributed by atoms with Crippen LogP contribution in [0.15, 0.2) is 41.5 Å². The Bertz CT molecular complexity index is 1000. The molecule has 1 aliphatic carbocycles. The van der Waals surface area contributed by atoms with Gasteiger partial charge in [0.25, 0.3) is 5.56 Å². The Morgan fingerprint density at radius 1 is 1.29 bits per heavy atom. The van der Waals surface area contributed by atoms with E-state index in [4.69, 9.17) is 10.5 Å². The Hall–Kier alpha value is -2.75. The zero-order valence-electron chi connectivity index (χ0n) is 15.2. The lowest BCUT2D eigenvalue weighted by Crippen LogP contribution is -2.44. The van der Waals surface area contributed by atoms with Gasteiger partial charge in [-0.05, 0) is 18.4 Å². The van der Waals surface area contributed by atoms with Crippen LogP contribution in [-0.4, -0.2) is 48.5 Å². The van der Waals surface area contributed by atoms with E-state index in [1.807, 2.05) is 30.3 Å². The van der Waals surface area contributed by atoms with Gasteiger partial charge >= 0.3 is 0 Å². The predicted octanol–water partition coefficient (Wildman–Crippen LogP) is 0.591. The Morgan fingerprint density at radius 2 is 2.07 bits per heavy atom. The highest BCUT2D eigenvalue weighted by molar-refractivity contribution is 5.70. The quantitative estimate of drug-likeness (QED) is 0.504. The highest BCUT2D eigenvalue weighted by Gasteiger charge is 2.38. The predicted molar refractivity (Wildman–Crippen MR) is 102 cm³/mol. The summed E-state index contributed by atoms with van der Waals surface area (Å²) in [6, 6.07) is 9.56. The summed E-state index contributed by atoms with van der Waals surface area (Å²) in [6.45, 7) is 0.222. The number of hydrogen-bond acceptors (Lipinski definition) is 7. The van der Waals surface area contributed by atoms with Crippen LogP contribution < -0.4 is 11.3 Å². The molecule has 2 aromatic heterocycles. The summed E-state index contributed by atoms with van der Waals surface area (Å²) in [5.41, 5.74) is 6.88. The van der Waals surface area contributed by atoms with Gasteiger partial charge in [0.15, 0.2) is 11.2 Å². The number of nitrogens with two attached hydrogens (primary N) is 1. The van der Waals surface area contributed by atoms with Crippen LogP contribution in [0.2, 0.25) is 0 Å². The van der Waals surface area contributed by atoms with E-state index < -0.39 is 11.7 Å². The molecule has 0 amide bonds. The molecular weight excluding hydrogens is 362 g/mol. The molecular formula is C19H23N5O4. The molecule has 1 aliphatic rings. The molecule has 0 unspecified atom stereocenters. The molecule has 0 bridgehead atoms. The SMILES string of the molecule is Nc1nc2c(ncn2[C@H]2C[C@H](O)[C@@H](CO)[C@H](OCc3ccccc3)C2)c(=O)[nH]1. The van der Waals surface area contributed by atoms with E-state index in [1.165, 1.54) is 6.33 Å². The summed E-state index contributed by atoms with van der Waals surface area (Å²) in [5.74, 6) is -0.364. The maximum atomic E-state index is 12.0. The van der Waals surface area contributed by atoms with E-state index in [2.05, 4.69) is 15.0 Å². The van der Waals surface area contributed by atoms with Gasteiger partial charge in [-0.15, -0.1) is 0 Å². The zero-order valence-corrected chi connectivity index (χ0v) is 15.2. The van der Waals surface area contributed by atoms with Crippen LogP contribution in [0.25, 0.3) is 11.2 Å². The zero-order chi connectivity index (χ0) is 19.7. The summed E-state index contributed by atoms with van der Waals surface area (Å²) < 4.78 is 7.82. The summed E-state index contributed by atoms with van der Waals surface area (Å²) in [4.78, 5) is 22.8. The van der Waals surface area contributed by atoms with Crippen molar-refractivity contribution in [2.75, 3.05) is 12.3 Å². The maximum Gasteiger partial charge on any atom is 0.280 e. The fourth-order valence-corrected chi connectivity index (χ4v) is 3.89. The van der Waals surface area contributed by atoms with Gasteiger partial charge in [-0.25, -0.2) is 4.98 Å². The molecule has 1 fully saturated rings. The first kappa shape index (κ1) is 18.6. The van der Waals surface area contributed by atoms with Crippen molar-refractivity contribution in [3.8, 4) is 0 Å². The average molecular weight is 385 g/mol. The number of anilines is 1. The molecule has 4 rings (SSSR count). The van der Waals surface area contributed by atoms with Crippen molar-refractivity contribution >= 4 is 17.1 Å². The second-order valence-corrected chi connectivity index (χ2v) is 7.15. The number of imidazole rings is 1. The number of hydrogen-bond donors (Lipinski definition) is 4. The van der Waals surface area contributed by atoms with Crippen molar-refractivity contribution < 1.29 is 14.9 Å². The molecule has 0 spiro atoms. The molecule has 3 aromatic rings. The van der Waals surface area contributed by atoms with Gasteiger partial charge in [-0.2, -0.15) is 4.98 Å². The summed E-state index contributed by atoms with van der Waals surface area (Å²) in [7, 11) is 0. The number of aliphatic hydroxyl groups is 2. The fourth-order valence-electron chi connectivity index (χ4n) is 3.89. The fraction of sp³-hybridized carbons (Fsp3) is 0.421. The smallest absolute Gasteiger partial charge is 0.280 e. The van der Waals surface area contributed by atoms with E-state index >= 15 is 0 Å². The average Bonchev–Trinajstić information content (AvgIpc) is 3.11. The standard InChI is InChI=1S/C19H23N5O4/c20-19-22-17-16(18(27)23-19)21-10-24(17)12-6-14(26)13(8-25)15(7-12)28-9-11-4-2-1-3-5-11/h1-5,10,12-15,25-26H,6-9H2,(H3,20,22,23,27)/t12-,13+,14-,15+/m0/s1. The lowest BCUT2D eigenvalue weighted by molar-refractivity contribution is -0.100. The van der Waals surface area contributed by atoms with Crippen molar-refractivity contribution in [1.82, 2.24) is 19.5 Å². The Kier molecular flexibility index (Phi) is 5.12. The topological polar surface area (TPSA) is 139 Å². The summed E-state index contributed by atoms with van der Waals surface area (Å²) in [6.07, 6.45) is 1.39. The Balaban J connectivity index is 1.59. The van der Waals surface area contributed by atoms with Crippen LogP contribution in [0.3, 0.4) is 0 Å². The molecule has 0 saturated heterocycles. The number of benzene rings is 1. The van der Waals surface area contributed by atoms with E-state index in [9.17, 15) is 15.0 Å². The lowest BCUT2D eigenvalue weighted by atomic mass is 9.81. The lowest BCUT2D eigenvalue weighted by Gasteiger charge is -2.39. The Labute approximate surface area is 160 Å². The van der Waals surface area contributed by atoms with Crippen molar-refractivity contribution in [1.29, 1.82) is 0 Å². The number of aromatic nitrogens is 4. The van der Waals surface area contributed by atoms with Crippen LogP contribution in [-0.2, 0) is 11.3 Å². The number of fused-ring (bicyclic) bond motifs is 1. The molecule has 0 aliphatic heterocycles. The number of ether oxygens (including phenoxy) is 1. The van der Waals surface area contributed by atoms with Crippen LogP contribution in [0.1, 0.15) is 24.4 Å². The molecule has 4 atom stereocenters. The summed E-state index contributed by atoms with van der Waals surface area (Å²) in [5, 5.41) is 20.4. The van der Waals surface area contributed by atoms with Gasteiger partial charge in [0.2, 0.25) is 5.95 Å². The second-order valence-electron chi connectivity index (χ2n) is 7.15. The van der Waals surface area contributed by atoms with Crippen molar-refractivity contribution in [3.05, 3.63) is 52.6 Å². The van der Waals surface area contributed by atoms with E-state index in [0.29, 0.717) is 25.1 Å². The van der Waals surface area contributed by atoms with Gasteiger partial charge in [-0.1, -0.05) is 30.3 Å². The molecule has 28 heavy (non-hydrogen) atoms. The highest BCUT2D eigenvalue weighted by Crippen LogP contribution is 2.36. The van der Waals surface area contributed by atoms with Crippen molar-refractivity contribution in [3.63, 3.8) is 0 Å². The number of rotatable bonds is 5. The first-order valence-corrected chi connectivity index (χ1v) is 9.23. The Morgan fingerprint density at radius 3 is 2.82 bits per heavy atom. The number of aromatic amines is 1. The molecule has 5 N–H and O–H groups in total. The minimum absolute atomic E-state index is 0.0146. The second kappa shape index (κ2) is 7.70. The monoisotopic (exact) mass is 385 g/mol. The molecule has 9 heteroatoms. The minimum atomic E-state index is -0.749. The number of nitrogens with zero attached hydrogens (tertiary/aromatic N) is 3. The van der Waals surface area contributed by atoms with Gasteiger partial charge < -0.3 is 25.3 Å². The van der Waals surface area contributed by atoms with Crippen LogP contribution in [0.5, 0.6) is 0 Å². The van der Waals surface area contributed by atoms with Crippen molar-refractivity contribution in [2.45, 2.75) is 37.7 Å². The first-order valence-electron chi connectivity index (χ1n) is 9.23. The highest BCUT2D eigenvalue weighted by atomic mass is 16.5. The van der Waals surface area contributed by atoms with Crippen LogP contribution in [0, 0.1) is 5.92 Å². The van der Waals surface area contributed by atoms with Gasteiger partial charge in [0.1, 0.15) is 0 Å². The number of aliphatic hydroxyl groups excluding tert-OH is 2. The number of H-pyrrole nitrogens is 1. The first-order chi connectivity index (χ1) is 13.6. The molecule has 9 nitrogen and oxygen atoms in total. The third-order valence-corrected chi connectivity index (χ3v) is 5.35. The van der Waals surface area contributed by atoms with Gasteiger partial charge in [0.05, 0.1) is 31.7 Å². The third-order valence-electron chi connectivity index (χ3n) is 5.35.